The Balaban J connectivity index is 1.35. The first kappa shape index (κ1) is 21.5. The lowest BCUT2D eigenvalue weighted by Gasteiger charge is -2.39. The topological polar surface area (TPSA) is 80.0 Å². The number of carboxylic acid groups (broad SMARTS) is 1. The number of nitrogens with zero attached hydrogens (tertiary/aromatic N) is 4. The van der Waals surface area contributed by atoms with Crippen molar-refractivity contribution in [1.82, 2.24) is 14.7 Å². The van der Waals surface area contributed by atoms with Crippen molar-refractivity contribution in [2.24, 2.45) is 10.6 Å². The fraction of sp³-hybridized carbons (Fsp3) is 0.522. The molecule has 166 valence electrons. The summed E-state index contributed by atoms with van der Waals surface area (Å²) in [6.07, 6.45) is 3.93. The molecule has 31 heavy (non-hydrogen) atoms. The Bertz CT molecular complexity index is 962. The molecule has 1 aromatic carbocycles. The van der Waals surface area contributed by atoms with Crippen LogP contribution in [0.3, 0.4) is 0 Å². The zero-order chi connectivity index (χ0) is 22.0. The van der Waals surface area contributed by atoms with Gasteiger partial charge in [-0.25, -0.2) is 4.39 Å². The molecule has 8 heteroatoms. The standard InChI is InChI=1S/C23H29FN4O3/c1-3-28-15-18(16(2)25-28)14-27-10-8-23(9-11-27,22(29)30)13-20-12-21(26-31-20)17-4-6-19(24)7-5-17/h4-7,15,20H,3,8-14H2,1-2H3,(H,29,30). The number of halogens is 1. The van der Waals surface area contributed by atoms with Gasteiger partial charge in [-0.15, -0.1) is 0 Å². The first-order valence-corrected chi connectivity index (χ1v) is 10.9. The first-order valence-electron chi connectivity index (χ1n) is 10.9. The number of hydrogen-bond acceptors (Lipinski definition) is 5. The minimum atomic E-state index is -0.808. The van der Waals surface area contributed by atoms with Gasteiger partial charge in [0, 0.05) is 37.7 Å². The van der Waals surface area contributed by atoms with E-state index in [0.717, 1.165) is 43.1 Å². The van der Waals surface area contributed by atoms with Crippen LogP contribution in [0.1, 0.15) is 49.4 Å². The molecular formula is C23H29FN4O3. The van der Waals surface area contributed by atoms with Gasteiger partial charge in [0.1, 0.15) is 11.9 Å². The van der Waals surface area contributed by atoms with Crippen LogP contribution in [0.15, 0.2) is 35.6 Å². The highest BCUT2D eigenvalue weighted by molar-refractivity contribution is 6.01. The molecule has 2 aromatic rings. The molecule has 0 spiro atoms. The molecular weight excluding hydrogens is 399 g/mol. The molecule has 1 aromatic heterocycles. The van der Waals surface area contributed by atoms with Gasteiger partial charge in [0.25, 0.3) is 0 Å². The van der Waals surface area contributed by atoms with Crippen molar-refractivity contribution in [3.8, 4) is 0 Å². The lowest BCUT2D eigenvalue weighted by atomic mass is 9.73. The summed E-state index contributed by atoms with van der Waals surface area (Å²) in [5.74, 6) is -1.06. The third kappa shape index (κ3) is 4.63. The maximum Gasteiger partial charge on any atom is 0.309 e. The quantitative estimate of drug-likeness (QED) is 0.729. The molecule has 1 atom stereocenters. The van der Waals surface area contributed by atoms with Crippen LogP contribution in [0.5, 0.6) is 0 Å². The van der Waals surface area contributed by atoms with Crippen LogP contribution in [0.4, 0.5) is 4.39 Å². The molecule has 1 saturated heterocycles. The number of aromatic nitrogens is 2. The molecule has 0 saturated carbocycles. The van der Waals surface area contributed by atoms with Crippen molar-refractivity contribution in [2.75, 3.05) is 13.1 Å². The summed E-state index contributed by atoms with van der Waals surface area (Å²) in [5.41, 5.74) is 2.97. The minimum Gasteiger partial charge on any atom is -0.481 e. The maximum atomic E-state index is 13.2. The van der Waals surface area contributed by atoms with Gasteiger partial charge in [-0.1, -0.05) is 17.3 Å². The zero-order valence-electron chi connectivity index (χ0n) is 18.1. The highest BCUT2D eigenvalue weighted by Gasteiger charge is 2.45. The molecule has 1 N–H and O–H groups in total. The van der Waals surface area contributed by atoms with E-state index in [0.29, 0.717) is 25.7 Å². The Morgan fingerprint density at radius 2 is 2.00 bits per heavy atom. The molecule has 0 aliphatic carbocycles. The molecule has 2 aliphatic heterocycles. The van der Waals surface area contributed by atoms with E-state index in [1.54, 1.807) is 12.1 Å². The van der Waals surface area contributed by atoms with Crippen LogP contribution >= 0.6 is 0 Å². The summed E-state index contributed by atoms with van der Waals surface area (Å²) in [7, 11) is 0. The number of aliphatic carboxylic acids is 1. The maximum absolute atomic E-state index is 13.2. The Morgan fingerprint density at radius 1 is 1.29 bits per heavy atom. The van der Waals surface area contributed by atoms with Crippen LogP contribution in [0, 0.1) is 18.2 Å². The molecule has 1 fully saturated rings. The highest BCUT2D eigenvalue weighted by Crippen LogP contribution is 2.39. The monoisotopic (exact) mass is 428 g/mol. The fourth-order valence-corrected chi connectivity index (χ4v) is 4.55. The van der Waals surface area contributed by atoms with Crippen LogP contribution in [-0.4, -0.2) is 50.7 Å². The second-order valence-corrected chi connectivity index (χ2v) is 8.64. The Labute approximate surface area is 181 Å². The van der Waals surface area contributed by atoms with Crippen molar-refractivity contribution in [1.29, 1.82) is 0 Å². The Kier molecular flexibility index (Phi) is 6.09. The number of carbonyl (C=O) groups is 1. The molecule has 0 amide bonds. The largest absolute Gasteiger partial charge is 0.481 e. The molecule has 2 aliphatic rings. The van der Waals surface area contributed by atoms with E-state index in [1.807, 2.05) is 11.6 Å². The van der Waals surface area contributed by atoms with E-state index in [1.165, 1.54) is 17.7 Å². The SMILES string of the molecule is CCn1cc(CN2CCC(CC3CC(c4ccc(F)cc4)=NO3)(C(=O)O)CC2)c(C)n1. The summed E-state index contributed by atoms with van der Waals surface area (Å²) < 4.78 is 15.1. The van der Waals surface area contributed by atoms with Gasteiger partial charge < -0.3 is 9.94 Å². The number of benzene rings is 1. The van der Waals surface area contributed by atoms with Crippen molar-refractivity contribution in [3.05, 3.63) is 53.1 Å². The average Bonchev–Trinajstić information content (AvgIpc) is 3.36. The molecule has 0 bridgehead atoms. The average molecular weight is 429 g/mol. The molecule has 0 radical (unpaired) electrons. The lowest BCUT2D eigenvalue weighted by Crippen LogP contribution is -2.45. The van der Waals surface area contributed by atoms with Crippen LogP contribution in [0.25, 0.3) is 0 Å². The van der Waals surface area contributed by atoms with Gasteiger partial charge in [0.05, 0.1) is 16.8 Å². The van der Waals surface area contributed by atoms with E-state index in [-0.39, 0.29) is 11.9 Å². The number of hydrogen-bond donors (Lipinski definition) is 1. The van der Waals surface area contributed by atoms with E-state index >= 15 is 0 Å². The molecule has 1 unspecified atom stereocenters. The van der Waals surface area contributed by atoms with Crippen molar-refractivity contribution in [3.63, 3.8) is 0 Å². The zero-order valence-corrected chi connectivity index (χ0v) is 18.1. The number of likely N-dealkylation sites (tertiary alicyclic amines) is 1. The summed E-state index contributed by atoms with van der Waals surface area (Å²) in [6, 6.07) is 6.14. The van der Waals surface area contributed by atoms with Gasteiger partial charge in [0.2, 0.25) is 0 Å². The highest BCUT2D eigenvalue weighted by atomic mass is 19.1. The second kappa shape index (κ2) is 8.78. The van der Waals surface area contributed by atoms with Crippen molar-refractivity contribution < 1.29 is 19.1 Å². The van der Waals surface area contributed by atoms with E-state index in [2.05, 4.69) is 28.3 Å². The van der Waals surface area contributed by atoms with E-state index < -0.39 is 11.4 Å². The third-order valence-corrected chi connectivity index (χ3v) is 6.56. The Hall–Kier alpha value is -2.74. The summed E-state index contributed by atoms with van der Waals surface area (Å²) >= 11 is 0. The van der Waals surface area contributed by atoms with E-state index in [4.69, 9.17) is 4.84 Å². The fourth-order valence-electron chi connectivity index (χ4n) is 4.55. The minimum absolute atomic E-state index is 0.271. The summed E-state index contributed by atoms with van der Waals surface area (Å²) in [4.78, 5) is 20.1. The first-order chi connectivity index (χ1) is 14.9. The van der Waals surface area contributed by atoms with Gasteiger partial charge in [-0.2, -0.15) is 5.10 Å². The summed E-state index contributed by atoms with van der Waals surface area (Å²) in [6.45, 7) is 7.16. The predicted molar refractivity (Wildman–Crippen MR) is 114 cm³/mol. The number of aryl methyl sites for hydroxylation is 2. The van der Waals surface area contributed by atoms with Crippen LogP contribution in [-0.2, 0) is 22.7 Å². The van der Waals surface area contributed by atoms with Crippen molar-refractivity contribution >= 4 is 11.7 Å². The van der Waals surface area contributed by atoms with Gasteiger partial charge >= 0.3 is 5.97 Å². The van der Waals surface area contributed by atoms with Crippen LogP contribution in [0.2, 0.25) is 0 Å². The predicted octanol–water partition coefficient (Wildman–Crippen LogP) is 3.60. The third-order valence-electron chi connectivity index (χ3n) is 6.56. The molecule has 3 heterocycles. The van der Waals surface area contributed by atoms with E-state index in [9.17, 15) is 14.3 Å². The Morgan fingerprint density at radius 3 is 2.61 bits per heavy atom. The number of oxime groups is 1. The van der Waals surface area contributed by atoms with Gasteiger partial charge in [-0.05, 0) is 57.5 Å². The van der Waals surface area contributed by atoms with Gasteiger partial charge in [0.15, 0.2) is 0 Å². The molecule has 7 nitrogen and oxygen atoms in total. The normalized spacial score (nSPS) is 21.0. The number of carboxylic acids is 1. The van der Waals surface area contributed by atoms with Crippen molar-refractivity contribution in [2.45, 2.75) is 58.7 Å². The lowest BCUT2D eigenvalue weighted by molar-refractivity contribution is -0.155. The second-order valence-electron chi connectivity index (χ2n) is 8.64. The smallest absolute Gasteiger partial charge is 0.309 e. The van der Waals surface area contributed by atoms with Gasteiger partial charge in [-0.3, -0.25) is 14.4 Å². The van der Waals surface area contributed by atoms with Crippen LogP contribution < -0.4 is 0 Å². The molecule has 4 rings (SSSR count). The summed E-state index contributed by atoms with van der Waals surface area (Å²) in [5, 5.41) is 18.7. The number of rotatable bonds is 7. The number of piperidine rings is 1.